The summed E-state index contributed by atoms with van der Waals surface area (Å²) >= 11 is 0. The highest BCUT2D eigenvalue weighted by molar-refractivity contribution is 5.74. The smallest absolute Gasteiger partial charge is 0.309 e. The first-order valence-corrected chi connectivity index (χ1v) is 9.32. The van der Waals surface area contributed by atoms with E-state index in [4.69, 9.17) is 14.2 Å². The molecular weight excluding hydrogens is 320 g/mol. The number of hydrogen-bond acceptors (Lipinski definition) is 5. The first-order chi connectivity index (χ1) is 12.1. The predicted octanol–water partition coefficient (Wildman–Crippen LogP) is 2.93. The van der Waals surface area contributed by atoms with Gasteiger partial charge in [-0.3, -0.25) is 4.79 Å². The fraction of sp³-hybridized carbons (Fsp3) is 0.650. The van der Waals surface area contributed by atoms with Crippen molar-refractivity contribution in [1.82, 2.24) is 0 Å². The molecule has 1 aliphatic heterocycles. The fourth-order valence-electron chi connectivity index (χ4n) is 3.55. The third-order valence-electron chi connectivity index (χ3n) is 5.11. The molecule has 0 spiro atoms. The van der Waals surface area contributed by atoms with Gasteiger partial charge >= 0.3 is 5.97 Å². The van der Waals surface area contributed by atoms with E-state index >= 15 is 0 Å². The van der Waals surface area contributed by atoms with E-state index in [2.05, 4.69) is 0 Å². The van der Waals surface area contributed by atoms with Crippen LogP contribution in [0.25, 0.3) is 0 Å². The van der Waals surface area contributed by atoms with E-state index in [1.807, 2.05) is 24.3 Å². The summed E-state index contributed by atoms with van der Waals surface area (Å²) in [6, 6.07) is 7.95. The summed E-state index contributed by atoms with van der Waals surface area (Å²) < 4.78 is 16.3. The zero-order valence-corrected chi connectivity index (χ0v) is 14.9. The van der Waals surface area contributed by atoms with Gasteiger partial charge in [-0.15, -0.1) is 0 Å². The average molecular weight is 348 g/mol. The number of benzene rings is 1. The quantitative estimate of drug-likeness (QED) is 0.768. The summed E-state index contributed by atoms with van der Waals surface area (Å²) in [5.41, 5.74) is 1.14. The van der Waals surface area contributed by atoms with Crippen molar-refractivity contribution in [2.24, 2.45) is 5.92 Å². The highest BCUT2D eigenvalue weighted by Crippen LogP contribution is 2.46. The minimum atomic E-state index is -0.900. The minimum absolute atomic E-state index is 0.0523. The Labute approximate surface area is 149 Å². The van der Waals surface area contributed by atoms with E-state index < -0.39 is 5.60 Å². The summed E-state index contributed by atoms with van der Waals surface area (Å²) in [6.07, 6.45) is 4.92. The Morgan fingerprint density at radius 3 is 2.68 bits per heavy atom. The molecule has 0 bridgehead atoms. The first-order valence-electron chi connectivity index (χ1n) is 9.32. The van der Waals surface area contributed by atoms with Gasteiger partial charge in [-0.05, 0) is 56.6 Å². The van der Waals surface area contributed by atoms with Crippen LogP contribution in [0.3, 0.4) is 0 Å². The minimum Gasteiger partial charge on any atom is -0.466 e. The lowest BCUT2D eigenvalue weighted by atomic mass is 9.67. The molecule has 1 N–H and O–H groups in total. The maximum absolute atomic E-state index is 11.7. The number of carbonyl (C=O) groups excluding carboxylic acids is 1. The molecule has 2 aliphatic rings. The summed E-state index contributed by atoms with van der Waals surface area (Å²) in [5.74, 6) is -0.389. The normalized spacial score (nSPS) is 29.0. The molecule has 1 heterocycles. The van der Waals surface area contributed by atoms with Crippen LogP contribution in [-0.2, 0) is 31.0 Å². The van der Waals surface area contributed by atoms with Crippen molar-refractivity contribution < 1.29 is 24.1 Å². The Morgan fingerprint density at radius 1 is 1.28 bits per heavy atom. The molecule has 1 aliphatic carbocycles. The molecular formula is C20H28O5. The van der Waals surface area contributed by atoms with Crippen molar-refractivity contribution in [1.29, 1.82) is 0 Å². The van der Waals surface area contributed by atoms with E-state index in [-0.39, 0.29) is 18.2 Å². The molecule has 5 nitrogen and oxygen atoms in total. The van der Waals surface area contributed by atoms with Gasteiger partial charge in [0.2, 0.25) is 0 Å². The molecule has 1 atom stereocenters. The Kier molecular flexibility index (Phi) is 6.10. The van der Waals surface area contributed by atoms with Crippen molar-refractivity contribution >= 4 is 5.97 Å². The standard InChI is InChI=1S/C20H28O5/c1-2-23-19(21)16-13-20(22,14-16)17-8-6-15(7-9-17)10-12-25-18-5-3-4-11-24-18/h6-9,16,18,22H,2-5,10-14H2,1H3. The summed E-state index contributed by atoms with van der Waals surface area (Å²) in [4.78, 5) is 11.7. The summed E-state index contributed by atoms with van der Waals surface area (Å²) in [5, 5.41) is 10.7. The second-order valence-electron chi connectivity index (χ2n) is 7.00. The average Bonchev–Trinajstić information content (AvgIpc) is 2.61. The highest BCUT2D eigenvalue weighted by Gasteiger charge is 2.47. The molecule has 138 valence electrons. The molecule has 3 rings (SSSR count). The monoisotopic (exact) mass is 348 g/mol. The van der Waals surface area contributed by atoms with Gasteiger partial charge in [0.05, 0.1) is 24.7 Å². The van der Waals surface area contributed by atoms with Crippen LogP contribution in [0.1, 0.15) is 50.2 Å². The SMILES string of the molecule is CCOC(=O)C1CC(O)(c2ccc(CCOC3CCCCO3)cc2)C1. The van der Waals surface area contributed by atoms with Crippen molar-refractivity contribution in [2.75, 3.05) is 19.8 Å². The van der Waals surface area contributed by atoms with Gasteiger partial charge in [0.25, 0.3) is 0 Å². The number of ether oxygens (including phenoxy) is 3. The van der Waals surface area contributed by atoms with Crippen LogP contribution in [0.15, 0.2) is 24.3 Å². The summed E-state index contributed by atoms with van der Waals surface area (Å²) in [7, 11) is 0. The van der Waals surface area contributed by atoms with Crippen LogP contribution in [0.4, 0.5) is 0 Å². The van der Waals surface area contributed by atoms with Crippen LogP contribution in [0, 0.1) is 5.92 Å². The molecule has 25 heavy (non-hydrogen) atoms. The van der Waals surface area contributed by atoms with Crippen LogP contribution in [0.2, 0.25) is 0 Å². The number of carbonyl (C=O) groups is 1. The van der Waals surface area contributed by atoms with Gasteiger partial charge < -0.3 is 19.3 Å². The van der Waals surface area contributed by atoms with Crippen molar-refractivity contribution in [3.8, 4) is 0 Å². The molecule has 2 fully saturated rings. The highest BCUT2D eigenvalue weighted by atomic mass is 16.7. The topological polar surface area (TPSA) is 65.0 Å². The predicted molar refractivity (Wildman–Crippen MR) is 92.9 cm³/mol. The lowest BCUT2D eigenvalue weighted by Gasteiger charge is -2.42. The largest absolute Gasteiger partial charge is 0.466 e. The van der Waals surface area contributed by atoms with Crippen LogP contribution < -0.4 is 0 Å². The third-order valence-corrected chi connectivity index (χ3v) is 5.11. The van der Waals surface area contributed by atoms with Crippen LogP contribution in [-0.4, -0.2) is 37.2 Å². The molecule has 1 saturated heterocycles. The van der Waals surface area contributed by atoms with Crippen LogP contribution >= 0.6 is 0 Å². The lowest BCUT2D eigenvalue weighted by Crippen LogP contribution is -2.45. The zero-order valence-electron chi connectivity index (χ0n) is 14.9. The molecule has 5 heteroatoms. The van der Waals surface area contributed by atoms with E-state index in [0.717, 1.165) is 31.4 Å². The van der Waals surface area contributed by atoms with E-state index in [1.54, 1.807) is 6.92 Å². The number of esters is 1. The molecule has 1 saturated carbocycles. The second kappa shape index (κ2) is 8.30. The van der Waals surface area contributed by atoms with Gasteiger partial charge in [0.1, 0.15) is 0 Å². The Balaban J connectivity index is 1.45. The van der Waals surface area contributed by atoms with E-state index in [0.29, 0.717) is 26.1 Å². The molecule has 0 radical (unpaired) electrons. The third kappa shape index (κ3) is 4.60. The van der Waals surface area contributed by atoms with Gasteiger partial charge in [-0.1, -0.05) is 24.3 Å². The number of rotatable bonds is 7. The second-order valence-corrected chi connectivity index (χ2v) is 7.00. The van der Waals surface area contributed by atoms with Crippen molar-refractivity contribution in [3.63, 3.8) is 0 Å². The number of aliphatic hydroxyl groups is 1. The maximum atomic E-state index is 11.7. The Hall–Kier alpha value is -1.43. The molecule has 0 aromatic heterocycles. The van der Waals surface area contributed by atoms with Crippen LogP contribution in [0.5, 0.6) is 0 Å². The molecule has 0 amide bonds. The van der Waals surface area contributed by atoms with Gasteiger partial charge in [-0.2, -0.15) is 0 Å². The zero-order chi connectivity index (χ0) is 17.7. The fourth-order valence-corrected chi connectivity index (χ4v) is 3.55. The Bertz CT molecular complexity index is 556. The molecule has 1 unspecified atom stereocenters. The van der Waals surface area contributed by atoms with Crippen molar-refractivity contribution in [2.45, 2.75) is 57.3 Å². The maximum Gasteiger partial charge on any atom is 0.309 e. The summed E-state index contributed by atoms with van der Waals surface area (Å²) in [6.45, 7) is 3.62. The number of hydrogen-bond donors (Lipinski definition) is 1. The van der Waals surface area contributed by atoms with Gasteiger partial charge in [0, 0.05) is 6.61 Å². The molecule has 1 aromatic carbocycles. The van der Waals surface area contributed by atoms with E-state index in [9.17, 15) is 9.90 Å². The van der Waals surface area contributed by atoms with Crippen molar-refractivity contribution in [3.05, 3.63) is 35.4 Å². The van der Waals surface area contributed by atoms with Gasteiger partial charge in [0.15, 0.2) is 6.29 Å². The lowest BCUT2D eigenvalue weighted by molar-refractivity contribution is -0.165. The van der Waals surface area contributed by atoms with Gasteiger partial charge in [-0.25, -0.2) is 0 Å². The first kappa shape index (κ1) is 18.4. The Morgan fingerprint density at radius 2 is 2.04 bits per heavy atom. The molecule has 1 aromatic rings. The van der Waals surface area contributed by atoms with E-state index in [1.165, 1.54) is 12.0 Å².